The van der Waals surface area contributed by atoms with Gasteiger partial charge in [0.25, 0.3) is 0 Å². The predicted molar refractivity (Wildman–Crippen MR) is 97.4 cm³/mol. The minimum atomic E-state index is -0.149. The molecular weight excluding hydrogens is 332 g/mol. The topological polar surface area (TPSA) is 67.9 Å². The number of piperidine rings is 1. The highest BCUT2D eigenvalue weighted by atomic mass is 16.5. The van der Waals surface area contributed by atoms with E-state index in [9.17, 15) is 9.59 Å². The highest BCUT2D eigenvalue weighted by Crippen LogP contribution is 2.15. The van der Waals surface area contributed by atoms with E-state index in [1.165, 1.54) is 0 Å². The van der Waals surface area contributed by atoms with Crippen LogP contribution in [0.4, 0.5) is 0 Å². The minimum Gasteiger partial charge on any atom is -0.379 e. The molecule has 1 aromatic carbocycles. The largest absolute Gasteiger partial charge is 0.379 e. The van der Waals surface area contributed by atoms with Gasteiger partial charge in [-0.2, -0.15) is 0 Å². The van der Waals surface area contributed by atoms with Gasteiger partial charge in [-0.3, -0.25) is 9.59 Å². The maximum Gasteiger partial charge on any atom is 0.222 e. The third-order valence-electron chi connectivity index (χ3n) is 4.99. The highest BCUT2D eigenvalue weighted by Gasteiger charge is 2.28. The molecule has 0 bridgehead atoms. The lowest BCUT2D eigenvalue weighted by Gasteiger charge is -2.32. The zero-order chi connectivity index (χ0) is 18.2. The summed E-state index contributed by atoms with van der Waals surface area (Å²) in [5, 5.41) is 3.08. The lowest BCUT2D eigenvalue weighted by atomic mass is 10.1. The molecule has 0 radical (unpaired) electrons. The van der Waals surface area contributed by atoms with Gasteiger partial charge in [-0.15, -0.1) is 0 Å². The first kappa shape index (κ1) is 18.9. The summed E-state index contributed by atoms with van der Waals surface area (Å²) in [7, 11) is 0. The Morgan fingerprint density at radius 3 is 2.92 bits per heavy atom. The van der Waals surface area contributed by atoms with Crippen LogP contribution in [0.5, 0.6) is 0 Å². The second kappa shape index (κ2) is 9.69. The Morgan fingerprint density at radius 2 is 2.12 bits per heavy atom. The van der Waals surface area contributed by atoms with Gasteiger partial charge in [-0.05, 0) is 24.8 Å². The van der Waals surface area contributed by atoms with E-state index >= 15 is 0 Å². The lowest BCUT2D eigenvalue weighted by Crippen LogP contribution is -2.50. The molecule has 2 aliphatic heterocycles. The van der Waals surface area contributed by atoms with Crippen molar-refractivity contribution < 1.29 is 19.1 Å². The molecule has 0 spiro atoms. The van der Waals surface area contributed by atoms with Crippen molar-refractivity contribution >= 4 is 11.8 Å². The van der Waals surface area contributed by atoms with Gasteiger partial charge in [0, 0.05) is 32.5 Å². The van der Waals surface area contributed by atoms with Crippen molar-refractivity contribution in [1.29, 1.82) is 0 Å². The SMILES string of the molecule is O=C(CCN1CCCCC1=O)NC1CCOCC1OCc1ccccc1. The van der Waals surface area contributed by atoms with Gasteiger partial charge in [0.15, 0.2) is 0 Å². The van der Waals surface area contributed by atoms with Gasteiger partial charge in [-0.1, -0.05) is 30.3 Å². The summed E-state index contributed by atoms with van der Waals surface area (Å²) in [4.78, 5) is 26.0. The van der Waals surface area contributed by atoms with E-state index in [4.69, 9.17) is 9.47 Å². The normalized spacial score (nSPS) is 23.7. The van der Waals surface area contributed by atoms with E-state index < -0.39 is 0 Å². The summed E-state index contributed by atoms with van der Waals surface area (Å²) in [5.74, 6) is 0.141. The second-order valence-electron chi connectivity index (χ2n) is 6.96. The number of hydrogen-bond donors (Lipinski definition) is 1. The van der Waals surface area contributed by atoms with Crippen LogP contribution in [0.1, 0.15) is 37.7 Å². The van der Waals surface area contributed by atoms with E-state index in [1.54, 1.807) is 4.90 Å². The lowest BCUT2D eigenvalue weighted by molar-refractivity contribution is -0.134. The van der Waals surface area contributed by atoms with Gasteiger partial charge in [0.2, 0.25) is 11.8 Å². The molecule has 0 aliphatic carbocycles. The number of likely N-dealkylation sites (tertiary alicyclic amines) is 1. The number of carbonyl (C=O) groups is 2. The zero-order valence-electron chi connectivity index (χ0n) is 15.2. The molecule has 0 saturated carbocycles. The maximum atomic E-state index is 12.3. The number of nitrogens with one attached hydrogen (secondary N) is 1. The molecular formula is C20H28N2O4. The van der Waals surface area contributed by atoms with Crippen LogP contribution >= 0.6 is 0 Å². The molecule has 6 nitrogen and oxygen atoms in total. The molecule has 1 aromatic rings. The van der Waals surface area contributed by atoms with Gasteiger partial charge >= 0.3 is 0 Å². The molecule has 1 N–H and O–H groups in total. The van der Waals surface area contributed by atoms with Gasteiger partial charge in [0.1, 0.15) is 6.10 Å². The van der Waals surface area contributed by atoms with Crippen LogP contribution in [0.25, 0.3) is 0 Å². The fourth-order valence-corrected chi connectivity index (χ4v) is 3.43. The number of nitrogens with zero attached hydrogens (tertiary/aromatic N) is 1. The van der Waals surface area contributed by atoms with Crippen molar-refractivity contribution in [2.75, 3.05) is 26.3 Å². The van der Waals surface area contributed by atoms with Gasteiger partial charge in [0.05, 0.1) is 19.3 Å². The van der Waals surface area contributed by atoms with E-state index in [0.717, 1.165) is 31.4 Å². The molecule has 2 atom stereocenters. The number of amides is 2. The number of hydrogen-bond acceptors (Lipinski definition) is 4. The van der Waals surface area contributed by atoms with Crippen LogP contribution in [-0.2, 0) is 25.7 Å². The predicted octanol–water partition coefficient (Wildman–Crippen LogP) is 1.88. The Balaban J connectivity index is 1.44. The highest BCUT2D eigenvalue weighted by molar-refractivity contribution is 5.79. The molecule has 2 saturated heterocycles. The Bertz CT molecular complexity index is 593. The first-order valence-electron chi connectivity index (χ1n) is 9.53. The summed E-state index contributed by atoms with van der Waals surface area (Å²) >= 11 is 0. The Morgan fingerprint density at radius 1 is 1.27 bits per heavy atom. The first-order valence-corrected chi connectivity index (χ1v) is 9.53. The zero-order valence-corrected chi connectivity index (χ0v) is 15.2. The minimum absolute atomic E-state index is 0.0245. The summed E-state index contributed by atoms with van der Waals surface area (Å²) in [6.45, 7) is 2.89. The van der Waals surface area contributed by atoms with Crippen molar-refractivity contribution in [3.8, 4) is 0 Å². The van der Waals surface area contributed by atoms with E-state index in [0.29, 0.717) is 39.2 Å². The molecule has 3 rings (SSSR count). The fourth-order valence-electron chi connectivity index (χ4n) is 3.43. The molecule has 26 heavy (non-hydrogen) atoms. The quantitative estimate of drug-likeness (QED) is 0.806. The molecule has 2 aliphatic rings. The average molecular weight is 360 g/mol. The van der Waals surface area contributed by atoms with Crippen LogP contribution < -0.4 is 5.32 Å². The molecule has 142 valence electrons. The summed E-state index contributed by atoms with van der Waals surface area (Å²) in [6, 6.07) is 9.94. The first-order chi connectivity index (χ1) is 12.7. The maximum absolute atomic E-state index is 12.3. The third-order valence-corrected chi connectivity index (χ3v) is 4.99. The molecule has 2 amide bonds. The molecule has 0 aromatic heterocycles. The Kier molecular flexibility index (Phi) is 7.03. The summed E-state index contributed by atoms with van der Waals surface area (Å²) in [5.41, 5.74) is 1.10. The second-order valence-corrected chi connectivity index (χ2v) is 6.96. The Hall–Kier alpha value is -1.92. The van der Waals surface area contributed by atoms with Crippen molar-refractivity contribution in [1.82, 2.24) is 10.2 Å². The molecule has 2 heterocycles. The number of rotatable bonds is 7. The van der Waals surface area contributed by atoms with Crippen molar-refractivity contribution in [3.05, 3.63) is 35.9 Å². The van der Waals surface area contributed by atoms with Crippen molar-refractivity contribution in [2.45, 2.75) is 50.9 Å². The van der Waals surface area contributed by atoms with Crippen LogP contribution in [0.15, 0.2) is 30.3 Å². The Labute approximate surface area is 154 Å². The van der Waals surface area contributed by atoms with E-state index in [1.807, 2.05) is 30.3 Å². The van der Waals surface area contributed by atoms with Crippen LogP contribution in [0.2, 0.25) is 0 Å². The van der Waals surface area contributed by atoms with Gasteiger partial charge in [-0.25, -0.2) is 0 Å². The molecule has 6 heteroatoms. The number of ether oxygens (including phenoxy) is 2. The molecule has 2 unspecified atom stereocenters. The van der Waals surface area contributed by atoms with E-state index in [-0.39, 0.29) is 24.0 Å². The average Bonchev–Trinajstić information content (AvgIpc) is 2.67. The monoisotopic (exact) mass is 360 g/mol. The summed E-state index contributed by atoms with van der Waals surface area (Å²) < 4.78 is 11.5. The van der Waals surface area contributed by atoms with Gasteiger partial charge < -0.3 is 19.7 Å². The van der Waals surface area contributed by atoms with Crippen LogP contribution in [0, 0.1) is 0 Å². The summed E-state index contributed by atoms with van der Waals surface area (Å²) in [6.07, 6.45) is 3.54. The smallest absolute Gasteiger partial charge is 0.222 e. The molecule has 2 fully saturated rings. The van der Waals surface area contributed by atoms with Crippen molar-refractivity contribution in [3.63, 3.8) is 0 Å². The fraction of sp³-hybridized carbons (Fsp3) is 0.600. The number of carbonyl (C=O) groups excluding carboxylic acids is 2. The van der Waals surface area contributed by atoms with Crippen LogP contribution in [-0.4, -0.2) is 55.2 Å². The standard InChI is InChI=1S/C20H28N2O4/c23-19(9-12-22-11-5-4-8-20(22)24)21-17-10-13-25-15-18(17)26-14-16-6-2-1-3-7-16/h1-3,6-7,17-18H,4-5,8-15H2,(H,21,23). The van der Waals surface area contributed by atoms with Crippen molar-refractivity contribution in [2.24, 2.45) is 0 Å². The van der Waals surface area contributed by atoms with Crippen LogP contribution in [0.3, 0.4) is 0 Å². The van der Waals surface area contributed by atoms with E-state index in [2.05, 4.69) is 5.32 Å². The third kappa shape index (κ3) is 5.54. The number of benzene rings is 1.